The molecule has 2 heterocycles. The van der Waals surface area contributed by atoms with Crippen molar-refractivity contribution in [2.24, 2.45) is 10.7 Å². The van der Waals surface area contributed by atoms with E-state index in [2.05, 4.69) is 20.5 Å². The van der Waals surface area contributed by atoms with Crippen molar-refractivity contribution in [3.8, 4) is 0 Å². The zero-order valence-corrected chi connectivity index (χ0v) is 13.7. The van der Waals surface area contributed by atoms with Crippen LogP contribution in [-0.2, 0) is 11.3 Å². The molecule has 1 aliphatic heterocycles. The number of H-pyrrole nitrogens is 1. The minimum Gasteiger partial charge on any atom is -0.376 e. The topological polar surface area (TPSA) is 88.3 Å². The fourth-order valence-electron chi connectivity index (χ4n) is 2.05. The summed E-state index contributed by atoms with van der Waals surface area (Å²) in [6, 6.07) is 0. The normalized spacial score (nSPS) is 19.3. The molecule has 1 aromatic rings. The first kappa shape index (κ1) is 16.2. The Labute approximate surface area is 130 Å². The maximum atomic E-state index is 5.82. The number of nitrogens with zero attached hydrogens (tertiary/aromatic N) is 2. The number of ether oxygens (including phenoxy) is 1. The van der Waals surface area contributed by atoms with Gasteiger partial charge >= 0.3 is 0 Å². The summed E-state index contributed by atoms with van der Waals surface area (Å²) in [5, 5.41) is 10.2. The van der Waals surface area contributed by atoms with Crippen LogP contribution in [0.15, 0.2) is 4.99 Å². The molecule has 0 saturated carbocycles. The van der Waals surface area contributed by atoms with Crippen LogP contribution in [0.2, 0.25) is 0 Å². The highest BCUT2D eigenvalue weighted by molar-refractivity contribution is 14.0. The van der Waals surface area contributed by atoms with E-state index in [4.69, 9.17) is 10.5 Å². The number of hydrogen-bond acceptors (Lipinski definition) is 3. The van der Waals surface area contributed by atoms with Crippen molar-refractivity contribution < 1.29 is 4.74 Å². The number of aromatic nitrogens is 2. The Hall–Kier alpha value is -0.830. The number of aromatic amines is 1. The van der Waals surface area contributed by atoms with Crippen molar-refractivity contribution in [2.45, 2.75) is 39.3 Å². The van der Waals surface area contributed by atoms with Gasteiger partial charge < -0.3 is 15.8 Å². The van der Waals surface area contributed by atoms with Crippen LogP contribution >= 0.6 is 24.0 Å². The molecule has 7 heteroatoms. The predicted octanol–water partition coefficient (Wildman–Crippen LogP) is 1.23. The monoisotopic (exact) mass is 379 g/mol. The lowest BCUT2D eigenvalue weighted by molar-refractivity contribution is 0.114. The Morgan fingerprint density at radius 1 is 1.58 bits per heavy atom. The SMILES string of the molecule is Cc1n[nH]c(C)c1CN=C(N)NCC1CCCO1.I. The minimum absolute atomic E-state index is 0. The molecule has 6 nitrogen and oxygen atoms in total. The molecule has 108 valence electrons. The highest BCUT2D eigenvalue weighted by atomic mass is 127. The summed E-state index contributed by atoms with van der Waals surface area (Å²) in [5.74, 6) is 0.463. The van der Waals surface area contributed by atoms with Gasteiger partial charge in [-0.25, -0.2) is 4.99 Å². The number of aliphatic imine (C=N–C) groups is 1. The van der Waals surface area contributed by atoms with Crippen molar-refractivity contribution in [1.82, 2.24) is 15.5 Å². The number of aryl methyl sites for hydroxylation is 2. The molecule has 1 atom stereocenters. The lowest BCUT2D eigenvalue weighted by Crippen LogP contribution is -2.37. The van der Waals surface area contributed by atoms with Crippen LogP contribution in [0.25, 0.3) is 0 Å². The van der Waals surface area contributed by atoms with Crippen molar-refractivity contribution in [3.05, 3.63) is 17.0 Å². The molecule has 0 aromatic carbocycles. The van der Waals surface area contributed by atoms with Crippen LogP contribution in [0.1, 0.15) is 29.8 Å². The molecule has 0 spiro atoms. The second-order valence-corrected chi connectivity index (χ2v) is 4.63. The maximum absolute atomic E-state index is 5.82. The number of nitrogens with one attached hydrogen (secondary N) is 2. The van der Waals surface area contributed by atoms with Crippen LogP contribution in [0.3, 0.4) is 0 Å². The fraction of sp³-hybridized carbons (Fsp3) is 0.667. The lowest BCUT2D eigenvalue weighted by Gasteiger charge is -2.11. The molecule has 1 unspecified atom stereocenters. The zero-order valence-electron chi connectivity index (χ0n) is 11.4. The molecule has 2 rings (SSSR count). The van der Waals surface area contributed by atoms with E-state index in [1.54, 1.807) is 0 Å². The third kappa shape index (κ3) is 4.64. The second-order valence-electron chi connectivity index (χ2n) is 4.63. The number of nitrogens with two attached hydrogens (primary N) is 1. The second kappa shape index (κ2) is 7.68. The summed E-state index contributed by atoms with van der Waals surface area (Å²) in [4.78, 5) is 4.32. The van der Waals surface area contributed by atoms with Gasteiger partial charge in [-0.2, -0.15) is 5.10 Å². The smallest absolute Gasteiger partial charge is 0.189 e. The molecule has 1 aliphatic rings. The third-order valence-electron chi connectivity index (χ3n) is 3.22. The van der Waals surface area contributed by atoms with Gasteiger partial charge in [-0.3, -0.25) is 5.10 Å². The lowest BCUT2D eigenvalue weighted by atomic mass is 10.2. The number of rotatable bonds is 4. The molecule has 0 radical (unpaired) electrons. The van der Waals surface area contributed by atoms with E-state index in [1.165, 1.54) is 0 Å². The molecule has 0 amide bonds. The number of guanidine groups is 1. The summed E-state index contributed by atoms with van der Waals surface area (Å²) < 4.78 is 5.50. The van der Waals surface area contributed by atoms with Crippen molar-refractivity contribution in [1.29, 1.82) is 0 Å². The molecule has 1 fully saturated rings. The maximum Gasteiger partial charge on any atom is 0.189 e. The Bertz CT molecular complexity index is 406. The van der Waals surface area contributed by atoms with Gasteiger partial charge in [0.25, 0.3) is 0 Å². The van der Waals surface area contributed by atoms with Gasteiger partial charge in [0, 0.05) is 24.4 Å². The molecule has 0 aliphatic carbocycles. The van der Waals surface area contributed by atoms with E-state index in [9.17, 15) is 0 Å². The van der Waals surface area contributed by atoms with Crippen LogP contribution < -0.4 is 11.1 Å². The van der Waals surface area contributed by atoms with Gasteiger partial charge in [0.2, 0.25) is 0 Å². The van der Waals surface area contributed by atoms with Crippen LogP contribution in [0.4, 0.5) is 0 Å². The molecular formula is C12H22IN5O. The van der Waals surface area contributed by atoms with E-state index in [1.807, 2.05) is 13.8 Å². The number of halogens is 1. The van der Waals surface area contributed by atoms with Crippen molar-refractivity contribution in [3.63, 3.8) is 0 Å². The van der Waals surface area contributed by atoms with E-state index < -0.39 is 0 Å². The Balaban J connectivity index is 0.00000180. The van der Waals surface area contributed by atoms with Crippen LogP contribution in [-0.4, -0.2) is 35.4 Å². The molecule has 1 aromatic heterocycles. The van der Waals surface area contributed by atoms with Crippen LogP contribution in [0, 0.1) is 13.8 Å². The summed E-state index contributed by atoms with van der Waals surface area (Å²) in [7, 11) is 0. The average Bonchev–Trinajstić information content (AvgIpc) is 2.96. The highest BCUT2D eigenvalue weighted by Crippen LogP contribution is 2.11. The first-order valence-electron chi connectivity index (χ1n) is 6.32. The Morgan fingerprint density at radius 3 is 2.95 bits per heavy atom. The van der Waals surface area contributed by atoms with E-state index in [-0.39, 0.29) is 30.1 Å². The summed E-state index contributed by atoms with van der Waals surface area (Å²) in [5.41, 5.74) is 8.95. The van der Waals surface area contributed by atoms with Crippen molar-refractivity contribution in [2.75, 3.05) is 13.2 Å². The molecule has 0 bridgehead atoms. The minimum atomic E-state index is 0. The summed E-state index contributed by atoms with van der Waals surface area (Å²) in [6.07, 6.45) is 2.51. The van der Waals surface area contributed by atoms with Gasteiger partial charge in [0.1, 0.15) is 0 Å². The average molecular weight is 379 g/mol. The number of hydrogen-bond donors (Lipinski definition) is 3. The largest absolute Gasteiger partial charge is 0.376 e. The first-order chi connectivity index (χ1) is 8.66. The van der Waals surface area contributed by atoms with Gasteiger partial charge in [-0.15, -0.1) is 24.0 Å². The van der Waals surface area contributed by atoms with Gasteiger partial charge in [-0.05, 0) is 26.7 Å². The molecule has 1 saturated heterocycles. The van der Waals surface area contributed by atoms with E-state index >= 15 is 0 Å². The van der Waals surface area contributed by atoms with Gasteiger partial charge in [0.15, 0.2) is 5.96 Å². The quantitative estimate of drug-likeness (QED) is 0.417. The highest BCUT2D eigenvalue weighted by Gasteiger charge is 2.15. The molecular weight excluding hydrogens is 357 g/mol. The van der Waals surface area contributed by atoms with Gasteiger partial charge in [0.05, 0.1) is 18.3 Å². The van der Waals surface area contributed by atoms with E-state index in [0.717, 1.165) is 42.9 Å². The first-order valence-corrected chi connectivity index (χ1v) is 6.32. The zero-order chi connectivity index (χ0) is 13.0. The Morgan fingerprint density at radius 2 is 2.37 bits per heavy atom. The predicted molar refractivity (Wildman–Crippen MR) is 85.8 cm³/mol. The standard InChI is InChI=1S/C12H21N5O.HI/c1-8-11(9(2)17-16-8)7-15-12(13)14-6-10-4-3-5-18-10;/h10H,3-7H2,1-2H3,(H,16,17)(H3,13,14,15);1H. The van der Waals surface area contributed by atoms with Crippen LogP contribution in [0.5, 0.6) is 0 Å². The van der Waals surface area contributed by atoms with Gasteiger partial charge in [-0.1, -0.05) is 0 Å². The van der Waals surface area contributed by atoms with E-state index in [0.29, 0.717) is 12.5 Å². The third-order valence-corrected chi connectivity index (χ3v) is 3.22. The Kier molecular flexibility index (Phi) is 6.56. The van der Waals surface area contributed by atoms with Crippen molar-refractivity contribution >= 4 is 29.9 Å². The molecule has 19 heavy (non-hydrogen) atoms. The summed E-state index contributed by atoms with van der Waals surface area (Å²) in [6.45, 7) is 6.10. The fourth-order valence-corrected chi connectivity index (χ4v) is 2.05. The molecule has 4 N–H and O–H groups in total. The summed E-state index contributed by atoms with van der Waals surface area (Å²) >= 11 is 0.